The van der Waals surface area contributed by atoms with E-state index in [4.69, 9.17) is 10.5 Å². The Kier molecular flexibility index (Phi) is 6.02. The maximum Gasteiger partial charge on any atom is 0.0502 e. The van der Waals surface area contributed by atoms with Gasteiger partial charge in [-0.25, -0.2) is 0 Å². The van der Waals surface area contributed by atoms with Crippen LogP contribution >= 0.6 is 0 Å². The standard InChI is InChI=1S/C17H28N2O/c1-14-5-3-7-16(11-14)17(18)8-10-19-9-4-6-15(12-19)13-20-2/h3,5,7,11,15,17H,4,6,8-10,12-13,18H2,1-2H3. The molecule has 3 nitrogen and oxygen atoms in total. The van der Waals surface area contributed by atoms with Gasteiger partial charge in [0.05, 0.1) is 6.61 Å². The van der Waals surface area contributed by atoms with Gasteiger partial charge in [0.2, 0.25) is 0 Å². The number of hydrogen-bond acceptors (Lipinski definition) is 3. The van der Waals surface area contributed by atoms with Crippen LogP contribution in [0, 0.1) is 12.8 Å². The van der Waals surface area contributed by atoms with E-state index < -0.39 is 0 Å². The molecule has 3 heteroatoms. The van der Waals surface area contributed by atoms with Gasteiger partial charge in [0.1, 0.15) is 0 Å². The van der Waals surface area contributed by atoms with E-state index in [1.165, 1.54) is 30.5 Å². The normalized spacial score (nSPS) is 21.9. The summed E-state index contributed by atoms with van der Waals surface area (Å²) in [4.78, 5) is 2.54. The second-order valence-corrected chi connectivity index (χ2v) is 6.07. The average molecular weight is 276 g/mol. The van der Waals surface area contributed by atoms with Crippen molar-refractivity contribution in [3.05, 3.63) is 35.4 Å². The molecule has 1 aromatic rings. The quantitative estimate of drug-likeness (QED) is 0.868. The van der Waals surface area contributed by atoms with Gasteiger partial charge in [0, 0.05) is 19.7 Å². The summed E-state index contributed by atoms with van der Waals surface area (Å²) in [5.74, 6) is 0.698. The SMILES string of the molecule is COCC1CCCN(CCC(N)c2cccc(C)c2)C1. The van der Waals surface area contributed by atoms with Gasteiger partial charge in [-0.2, -0.15) is 0 Å². The number of aryl methyl sites for hydroxylation is 1. The molecule has 0 amide bonds. The molecule has 2 atom stereocenters. The predicted octanol–water partition coefficient (Wildman–Crippen LogP) is 2.74. The summed E-state index contributed by atoms with van der Waals surface area (Å²) in [5, 5.41) is 0. The molecule has 0 radical (unpaired) electrons. The molecule has 112 valence electrons. The monoisotopic (exact) mass is 276 g/mol. The number of likely N-dealkylation sites (tertiary alicyclic amines) is 1. The van der Waals surface area contributed by atoms with E-state index in [2.05, 4.69) is 36.1 Å². The average Bonchev–Trinajstić information content (AvgIpc) is 2.45. The zero-order valence-corrected chi connectivity index (χ0v) is 12.8. The van der Waals surface area contributed by atoms with E-state index in [1.807, 2.05) is 0 Å². The molecule has 0 saturated carbocycles. The van der Waals surface area contributed by atoms with Gasteiger partial charge >= 0.3 is 0 Å². The zero-order chi connectivity index (χ0) is 14.4. The first-order chi connectivity index (χ1) is 9.69. The molecule has 0 aliphatic carbocycles. The lowest BCUT2D eigenvalue weighted by atomic mass is 9.97. The summed E-state index contributed by atoms with van der Waals surface area (Å²) in [5.41, 5.74) is 8.87. The van der Waals surface area contributed by atoms with E-state index in [1.54, 1.807) is 7.11 Å². The summed E-state index contributed by atoms with van der Waals surface area (Å²) in [7, 11) is 1.80. The number of nitrogens with two attached hydrogens (primary N) is 1. The van der Waals surface area contributed by atoms with Gasteiger partial charge in [0.25, 0.3) is 0 Å². The van der Waals surface area contributed by atoms with E-state index in [0.717, 1.165) is 26.1 Å². The first-order valence-corrected chi connectivity index (χ1v) is 7.72. The minimum atomic E-state index is 0.151. The third kappa shape index (κ3) is 4.58. The fraction of sp³-hybridized carbons (Fsp3) is 0.647. The van der Waals surface area contributed by atoms with Gasteiger partial charge in [-0.1, -0.05) is 29.8 Å². The molecule has 2 rings (SSSR count). The number of rotatable bonds is 6. The lowest BCUT2D eigenvalue weighted by molar-refractivity contribution is 0.0892. The van der Waals surface area contributed by atoms with Crippen LogP contribution in [-0.2, 0) is 4.74 Å². The third-order valence-electron chi connectivity index (χ3n) is 4.23. The summed E-state index contributed by atoms with van der Waals surface area (Å²) in [6, 6.07) is 8.71. The van der Waals surface area contributed by atoms with Gasteiger partial charge in [0.15, 0.2) is 0 Å². The maximum atomic E-state index is 6.32. The van der Waals surface area contributed by atoms with Gasteiger partial charge in [-0.05, 0) is 50.8 Å². The van der Waals surface area contributed by atoms with Gasteiger partial charge < -0.3 is 15.4 Å². The second-order valence-electron chi connectivity index (χ2n) is 6.07. The number of nitrogens with zero attached hydrogens (tertiary/aromatic N) is 1. The lowest BCUT2D eigenvalue weighted by Gasteiger charge is -2.33. The number of ether oxygens (including phenoxy) is 1. The number of piperidine rings is 1. The Balaban J connectivity index is 1.79. The smallest absolute Gasteiger partial charge is 0.0502 e. The van der Waals surface area contributed by atoms with E-state index in [9.17, 15) is 0 Å². The van der Waals surface area contributed by atoms with Gasteiger partial charge in [-0.3, -0.25) is 0 Å². The molecule has 2 unspecified atom stereocenters. The van der Waals surface area contributed by atoms with Crippen LogP contribution in [0.15, 0.2) is 24.3 Å². The highest BCUT2D eigenvalue weighted by atomic mass is 16.5. The summed E-state index contributed by atoms with van der Waals surface area (Å²) >= 11 is 0. The van der Waals surface area contributed by atoms with Crippen molar-refractivity contribution in [2.45, 2.75) is 32.2 Å². The summed E-state index contributed by atoms with van der Waals surface area (Å²) in [6.45, 7) is 6.47. The minimum Gasteiger partial charge on any atom is -0.384 e. The van der Waals surface area contributed by atoms with Crippen LogP contribution in [0.3, 0.4) is 0 Å². The Hall–Kier alpha value is -0.900. The molecule has 0 aromatic heterocycles. The molecule has 0 spiro atoms. The molecular weight excluding hydrogens is 248 g/mol. The van der Waals surface area contributed by atoms with Crippen molar-refractivity contribution < 1.29 is 4.74 Å². The summed E-state index contributed by atoms with van der Waals surface area (Å²) < 4.78 is 5.29. The Morgan fingerprint density at radius 3 is 3.05 bits per heavy atom. The van der Waals surface area contributed by atoms with E-state index in [0.29, 0.717) is 5.92 Å². The van der Waals surface area contributed by atoms with E-state index >= 15 is 0 Å². The first kappa shape index (κ1) is 15.5. The largest absolute Gasteiger partial charge is 0.384 e. The topological polar surface area (TPSA) is 38.5 Å². The maximum absolute atomic E-state index is 6.32. The fourth-order valence-electron chi connectivity index (χ4n) is 3.12. The Labute approximate surface area is 123 Å². The molecule has 1 saturated heterocycles. The van der Waals surface area contributed by atoms with Crippen molar-refractivity contribution in [1.29, 1.82) is 0 Å². The molecular formula is C17H28N2O. The Bertz CT molecular complexity index is 406. The van der Waals surface area contributed by atoms with Crippen molar-refractivity contribution in [1.82, 2.24) is 4.90 Å². The lowest BCUT2D eigenvalue weighted by Crippen LogP contribution is -2.38. The summed E-state index contributed by atoms with van der Waals surface area (Å²) in [6.07, 6.45) is 3.62. The van der Waals surface area contributed by atoms with Crippen molar-refractivity contribution in [2.75, 3.05) is 33.4 Å². The van der Waals surface area contributed by atoms with Crippen molar-refractivity contribution in [2.24, 2.45) is 11.7 Å². The van der Waals surface area contributed by atoms with Crippen molar-refractivity contribution in [3.8, 4) is 0 Å². The van der Waals surface area contributed by atoms with Crippen LogP contribution in [0.25, 0.3) is 0 Å². The molecule has 20 heavy (non-hydrogen) atoms. The fourth-order valence-corrected chi connectivity index (χ4v) is 3.12. The zero-order valence-electron chi connectivity index (χ0n) is 12.8. The van der Waals surface area contributed by atoms with E-state index in [-0.39, 0.29) is 6.04 Å². The molecule has 1 aromatic carbocycles. The highest BCUT2D eigenvalue weighted by molar-refractivity contribution is 5.24. The second kappa shape index (κ2) is 7.77. The molecule has 1 aliphatic rings. The highest BCUT2D eigenvalue weighted by Crippen LogP contribution is 2.20. The molecule has 1 fully saturated rings. The van der Waals surface area contributed by atoms with Crippen LogP contribution in [0.4, 0.5) is 0 Å². The van der Waals surface area contributed by atoms with Crippen LogP contribution < -0.4 is 5.73 Å². The van der Waals surface area contributed by atoms with Crippen LogP contribution in [-0.4, -0.2) is 38.3 Å². The predicted molar refractivity (Wildman–Crippen MR) is 83.8 cm³/mol. The van der Waals surface area contributed by atoms with Crippen LogP contribution in [0.2, 0.25) is 0 Å². The Morgan fingerprint density at radius 1 is 1.45 bits per heavy atom. The minimum absolute atomic E-state index is 0.151. The van der Waals surface area contributed by atoms with Crippen molar-refractivity contribution in [3.63, 3.8) is 0 Å². The number of methoxy groups -OCH3 is 1. The van der Waals surface area contributed by atoms with Crippen LogP contribution in [0.1, 0.15) is 36.4 Å². The molecule has 0 bridgehead atoms. The molecule has 1 aliphatic heterocycles. The molecule has 2 N–H and O–H groups in total. The third-order valence-corrected chi connectivity index (χ3v) is 4.23. The van der Waals surface area contributed by atoms with Crippen molar-refractivity contribution >= 4 is 0 Å². The van der Waals surface area contributed by atoms with Gasteiger partial charge in [-0.15, -0.1) is 0 Å². The number of benzene rings is 1. The Morgan fingerprint density at radius 2 is 2.30 bits per heavy atom. The molecule has 1 heterocycles. The highest BCUT2D eigenvalue weighted by Gasteiger charge is 2.20. The first-order valence-electron chi connectivity index (χ1n) is 7.72. The number of hydrogen-bond donors (Lipinski definition) is 1. The van der Waals surface area contributed by atoms with Crippen LogP contribution in [0.5, 0.6) is 0 Å².